The zero-order valence-electron chi connectivity index (χ0n) is 16.8. The third kappa shape index (κ3) is 5.83. The first-order chi connectivity index (χ1) is 13.6. The number of amidine groups is 1. The highest BCUT2D eigenvalue weighted by molar-refractivity contribution is 5.81. The van der Waals surface area contributed by atoms with Crippen LogP contribution >= 0.6 is 0 Å². The number of aliphatic imine (C=N–C) groups is 1. The lowest BCUT2D eigenvalue weighted by Crippen LogP contribution is -2.44. The first kappa shape index (κ1) is 19.9. The summed E-state index contributed by atoms with van der Waals surface area (Å²) >= 11 is 0. The van der Waals surface area contributed by atoms with Gasteiger partial charge in [0.1, 0.15) is 11.7 Å². The topological polar surface area (TPSA) is 81.6 Å². The van der Waals surface area contributed by atoms with Crippen molar-refractivity contribution in [2.24, 2.45) is 4.99 Å². The summed E-state index contributed by atoms with van der Waals surface area (Å²) in [6.45, 7) is 8.67. The number of hydrogen-bond acceptors (Lipinski definition) is 7. The van der Waals surface area contributed by atoms with Crippen LogP contribution in [0.5, 0.6) is 0 Å². The van der Waals surface area contributed by atoms with Crippen molar-refractivity contribution in [1.29, 1.82) is 0 Å². The molecule has 0 amide bonds. The van der Waals surface area contributed by atoms with Crippen molar-refractivity contribution in [3.8, 4) is 0 Å². The van der Waals surface area contributed by atoms with E-state index in [0.29, 0.717) is 11.6 Å². The minimum Gasteiger partial charge on any atom is -0.354 e. The predicted molar refractivity (Wildman–Crippen MR) is 114 cm³/mol. The second kappa shape index (κ2) is 9.91. The lowest BCUT2D eigenvalue weighted by atomic mass is 10.2. The van der Waals surface area contributed by atoms with Crippen LogP contribution in [-0.4, -0.2) is 65.5 Å². The minimum atomic E-state index is 0.640. The van der Waals surface area contributed by atoms with Gasteiger partial charge in [0.05, 0.1) is 0 Å². The Labute approximate surface area is 166 Å². The third-order valence-electron chi connectivity index (χ3n) is 4.40. The fourth-order valence-electron chi connectivity index (χ4n) is 2.83. The Hall–Kier alpha value is -2.84. The van der Waals surface area contributed by atoms with Crippen LogP contribution in [0, 0.1) is 0 Å². The summed E-state index contributed by atoms with van der Waals surface area (Å²) in [5.41, 5.74) is 7.16. The Kier molecular flexibility index (Phi) is 7.05. The van der Waals surface area contributed by atoms with Gasteiger partial charge in [0.2, 0.25) is 0 Å². The number of nitrogens with zero attached hydrogens (tertiary/aromatic N) is 6. The van der Waals surface area contributed by atoms with E-state index in [1.807, 2.05) is 44.2 Å². The molecule has 3 heterocycles. The van der Waals surface area contributed by atoms with Gasteiger partial charge in [-0.1, -0.05) is 13.0 Å². The van der Waals surface area contributed by atoms with E-state index in [2.05, 4.69) is 42.7 Å². The number of pyridine rings is 1. The average molecular weight is 380 g/mol. The van der Waals surface area contributed by atoms with Gasteiger partial charge in [-0.2, -0.15) is 0 Å². The Balaban J connectivity index is 1.88. The molecule has 1 aliphatic rings. The summed E-state index contributed by atoms with van der Waals surface area (Å²) in [7, 11) is 2.14. The Morgan fingerprint density at radius 1 is 1.14 bits per heavy atom. The summed E-state index contributed by atoms with van der Waals surface area (Å²) < 4.78 is 0. The summed E-state index contributed by atoms with van der Waals surface area (Å²) in [5.74, 6) is 2.95. The van der Waals surface area contributed by atoms with E-state index in [0.717, 1.165) is 49.9 Å². The molecule has 0 aromatic carbocycles. The molecule has 8 heteroatoms. The van der Waals surface area contributed by atoms with Gasteiger partial charge in [-0.15, -0.1) is 0 Å². The normalized spacial score (nSPS) is 16.0. The zero-order chi connectivity index (χ0) is 19.8. The molecule has 28 heavy (non-hydrogen) atoms. The highest BCUT2D eigenvalue weighted by Crippen LogP contribution is 2.20. The number of anilines is 1. The van der Waals surface area contributed by atoms with Crippen LogP contribution in [0.2, 0.25) is 0 Å². The van der Waals surface area contributed by atoms with Crippen molar-refractivity contribution in [1.82, 2.24) is 30.7 Å². The molecule has 148 valence electrons. The van der Waals surface area contributed by atoms with Gasteiger partial charge in [-0.25, -0.2) is 20.4 Å². The van der Waals surface area contributed by atoms with Crippen molar-refractivity contribution < 1.29 is 0 Å². The van der Waals surface area contributed by atoms with Gasteiger partial charge in [-0.3, -0.25) is 4.98 Å². The van der Waals surface area contributed by atoms with Gasteiger partial charge in [0.25, 0.3) is 0 Å². The monoisotopic (exact) mass is 380 g/mol. The quantitative estimate of drug-likeness (QED) is 0.450. The molecule has 2 aromatic rings. The maximum absolute atomic E-state index is 4.76. The predicted octanol–water partition coefficient (Wildman–Crippen LogP) is 1.96. The van der Waals surface area contributed by atoms with Gasteiger partial charge in [0, 0.05) is 51.2 Å². The number of aromatic nitrogens is 3. The molecule has 0 atom stereocenters. The number of piperazine rings is 1. The lowest BCUT2D eigenvalue weighted by Gasteiger charge is -2.33. The van der Waals surface area contributed by atoms with Crippen LogP contribution in [-0.2, 0) is 0 Å². The van der Waals surface area contributed by atoms with E-state index >= 15 is 0 Å². The molecule has 1 fully saturated rings. The van der Waals surface area contributed by atoms with E-state index in [4.69, 9.17) is 4.98 Å². The molecule has 0 unspecified atom stereocenters. The smallest absolute Gasteiger partial charge is 0.160 e. The van der Waals surface area contributed by atoms with E-state index in [9.17, 15) is 0 Å². The van der Waals surface area contributed by atoms with Crippen molar-refractivity contribution in [2.75, 3.05) is 44.7 Å². The molecule has 0 radical (unpaired) electrons. The number of hydrogen-bond donors (Lipinski definition) is 2. The summed E-state index contributed by atoms with van der Waals surface area (Å²) in [6.07, 6.45) is 7.45. The molecule has 0 saturated carbocycles. The maximum Gasteiger partial charge on any atom is 0.160 e. The molecule has 0 spiro atoms. The SMILES string of the molecule is CCNN/C(C)=N/c1cc(N2CCN(C)CC2)nc(/C=C/c2ccncc2)n1. The van der Waals surface area contributed by atoms with Gasteiger partial charge >= 0.3 is 0 Å². The first-order valence-electron chi connectivity index (χ1n) is 9.59. The Bertz CT molecular complexity index is 810. The standard InChI is InChI=1S/C20H28N8/c1-4-22-26-16(2)23-19-15-20(28-13-11-27(3)12-14-28)25-18(24-19)6-5-17-7-9-21-10-8-17/h5-10,15,22H,4,11-14H2,1-3H3,(H,23,24,25,26)/b6-5+. The Morgan fingerprint density at radius 3 is 2.61 bits per heavy atom. The van der Waals surface area contributed by atoms with Gasteiger partial charge in [-0.05, 0) is 37.7 Å². The Morgan fingerprint density at radius 2 is 1.89 bits per heavy atom. The molecular weight excluding hydrogens is 352 g/mol. The van der Waals surface area contributed by atoms with Crippen LogP contribution in [0.1, 0.15) is 25.2 Å². The third-order valence-corrected chi connectivity index (χ3v) is 4.40. The van der Waals surface area contributed by atoms with E-state index in [1.165, 1.54) is 0 Å². The molecule has 0 bridgehead atoms. The lowest BCUT2D eigenvalue weighted by molar-refractivity contribution is 0.312. The summed E-state index contributed by atoms with van der Waals surface area (Å²) in [5, 5.41) is 0. The number of nitrogens with one attached hydrogen (secondary N) is 2. The van der Waals surface area contributed by atoms with E-state index < -0.39 is 0 Å². The molecule has 1 aliphatic heterocycles. The fourth-order valence-corrected chi connectivity index (χ4v) is 2.83. The summed E-state index contributed by atoms with van der Waals surface area (Å²) in [4.78, 5) is 22.6. The second-order valence-corrected chi connectivity index (χ2v) is 6.70. The molecule has 8 nitrogen and oxygen atoms in total. The largest absolute Gasteiger partial charge is 0.354 e. The van der Waals surface area contributed by atoms with Crippen LogP contribution in [0.15, 0.2) is 35.6 Å². The minimum absolute atomic E-state index is 0.640. The van der Waals surface area contributed by atoms with Crippen molar-refractivity contribution in [3.05, 3.63) is 42.0 Å². The maximum atomic E-state index is 4.76. The first-order valence-corrected chi connectivity index (χ1v) is 9.59. The van der Waals surface area contributed by atoms with Crippen molar-refractivity contribution in [2.45, 2.75) is 13.8 Å². The second-order valence-electron chi connectivity index (χ2n) is 6.70. The molecule has 0 aliphatic carbocycles. The molecule has 1 saturated heterocycles. The van der Waals surface area contributed by atoms with Crippen LogP contribution in [0.25, 0.3) is 12.2 Å². The molecular formula is C20H28N8. The van der Waals surface area contributed by atoms with Crippen LogP contribution in [0.4, 0.5) is 11.6 Å². The highest BCUT2D eigenvalue weighted by Gasteiger charge is 2.16. The zero-order valence-corrected chi connectivity index (χ0v) is 16.8. The number of rotatable bonds is 6. The van der Waals surface area contributed by atoms with Gasteiger partial charge in [0.15, 0.2) is 11.6 Å². The average Bonchev–Trinajstić information content (AvgIpc) is 2.72. The number of hydrazine groups is 1. The highest BCUT2D eigenvalue weighted by atomic mass is 15.4. The van der Waals surface area contributed by atoms with Crippen molar-refractivity contribution >= 4 is 29.6 Å². The fraction of sp³-hybridized carbons (Fsp3) is 0.400. The molecule has 2 N–H and O–H groups in total. The van der Waals surface area contributed by atoms with Crippen LogP contribution in [0.3, 0.4) is 0 Å². The van der Waals surface area contributed by atoms with Crippen molar-refractivity contribution in [3.63, 3.8) is 0 Å². The number of likely N-dealkylation sites (N-methyl/N-ethyl adjacent to an activating group) is 1. The van der Waals surface area contributed by atoms with Crippen LogP contribution < -0.4 is 15.8 Å². The molecule has 2 aromatic heterocycles. The molecule has 3 rings (SSSR count). The van der Waals surface area contributed by atoms with Gasteiger partial charge < -0.3 is 15.2 Å². The summed E-state index contributed by atoms with van der Waals surface area (Å²) in [6, 6.07) is 5.85. The van der Waals surface area contributed by atoms with E-state index in [-0.39, 0.29) is 0 Å². The van der Waals surface area contributed by atoms with E-state index in [1.54, 1.807) is 12.4 Å².